The van der Waals surface area contributed by atoms with Crippen molar-refractivity contribution < 1.29 is 0 Å². The van der Waals surface area contributed by atoms with Crippen molar-refractivity contribution in [2.75, 3.05) is 5.73 Å². The number of rotatable bonds is 4. The molecule has 0 fully saturated rings. The fourth-order valence-corrected chi connectivity index (χ4v) is 1.37. The van der Waals surface area contributed by atoms with Crippen LogP contribution in [-0.2, 0) is 0 Å². The third kappa shape index (κ3) is 5.12. The fraction of sp³-hybridized carbons (Fsp3) is 0.429. The molecule has 0 amide bonds. The lowest BCUT2D eigenvalue weighted by Gasteiger charge is -1.93. The van der Waals surface area contributed by atoms with E-state index >= 15 is 0 Å². The molecule has 0 bridgehead atoms. The van der Waals surface area contributed by atoms with Crippen LogP contribution in [0.15, 0.2) is 24.3 Å². The van der Waals surface area contributed by atoms with E-state index in [0.717, 1.165) is 17.7 Å². The van der Waals surface area contributed by atoms with Gasteiger partial charge in [0.1, 0.15) is 0 Å². The zero-order valence-electron chi connectivity index (χ0n) is 9.42. The van der Waals surface area contributed by atoms with Crippen LogP contribution in [0.3, 0.4) is 0 Å². The van der Waals surface area contributed by atoms with Gasteiger partial charge in [0.05, 0.1) is 0 Å². The smallest absolute Gasteiger partial charge is 0.0314 e. The molecule has 1 aromatic rings. The molecule has 2 N–H and O–H groups in total. The molecule has 1 heteroatoms. The third-order valence-corrected chi connectivity index (χ3v) is 2.30. The Balaban J connectivity index is 2.28. The van der Waals surface area contributed by atoms with Crippen molar-refractivity contribution in [1.29, 1.82) is 0 Å². The Hall–Kier alpha value is -1.42. The van der Waals surface area contributed by atoms with E-state index in [9.17, 15) is 0 Å². The number of unbranched alkanes of at least 4 members (excludes halogenated alkanes) is 4. The van der Waals surface area contributed by atoms with E-state index < -0.39 is 0 Å². The quantitative estimate of drug-likeness (QED) is 0.449. The molecule has 0 aliphatic heterocycles. The van der Waals surface area contributed by atoms with Crippen LogP contribution in [0, 0.1) is 11.8 Å². The Morgan fingerprint density at radius 2 is 1.80 bits per heavy atom. The summed E-state index contributed by atoms with van der Waals surface area (Å²) in [6.07, 6.45) is 6.13. The van der Waals surface area contributed by atoms with E-state index in [2.05, 4.69) is 18.8 Å². The summed E-state index contributed by atoms with van der Waals surface area (Å²) in [5.74, 6) is 6.33. The van der Waals surface area contributed by atoms with Crippen LogP contribution >= 0.6 is 0 Å². The first-order valence-corrected chi connectivity index (χ1v) is 5.67. The summed E-state index contributed by atoms with van der Waals surface area (Å²) in [5.41, 5.74) is 7.44. The minimum atomic E-state index is 0.795. The number of anilines is 1. The van der Waals surface area contributed by atoms with Crippen LogP contribution in [-0.4, -0.2) is 0 Å². The number of benzene rings is 1. The van der Waals surface area contributed by atoms with Gasteiger partial charge < -0.3 is 5.73 Å². The van der Waals surface area contributed by atoms with Crippen LogP contribution < -0.4 is 5.73 Å². The summed E-state index contributed by atoms with van der Waals surface area (Å²) < 4.78 is 0. The average molecular weight is 201 g/mol. The molecule has 0 heterocycles. The predicted octanol–water partition coefficient (Wildman–Crippen LogP) is 3.59. The van der Waals surface area contributed by atoms with Gasteiger partial charge in [0.25, 0.3) is 0 Å². The minimum Gasteiger partial charge on any atom is -0.399 e. The largest absolute Gasteiger partial charge is 0.399 e. The number of nitrogens with two attached hydrogens (primary N) is 1. The van der Waals surface area contributed by atoms with E-state index in [-0.39, 0.29) is 0 Å². The molecule has 0 unspecified atom stereocenters. The predicted molar refractivity (Wildman–Crippen MR) is 66.5 cm³/mol. The molecular formula is C14H19N. The van der Waals surface area contributed by atoms with Gasteiger partial charge in [-0.2, -0.15) is 0 Å². The fourth-order valence-electron chi connectivity index (χ4n) is 1.37. The highest BCUT2D eigenvalue weighted by molar-refractivity contribution is 5.44. The Labute approximate surface area is 92.7 Å². The van der Waals surface area contributed by atoms with E-state index in [4.69, 9.17) is 5.73 Å². The molecule has 80 valence electrons. The van der Waals surface area contributed by atoms with Crippen LogP contribution in [0.4, 0.5) is 5.69 Å². The van der Waals surface area contributed by atoms with Gasteiger partial charge >= 0.3 is 0 Å². The topological polar surface area (TPSA) is 26.0 Å². The minimum absolute atomic E-state index is 0.795. The SMILES string of the molecule is CCCCCCC#Cc1ccc(N)cc1. The van der Waals surface area contributed by atoms with Gasteiger partial charge in [-0.1, -0.05) is 38.0 Å². The molecule has 0 aliphatic carbocycles. The summed E-state index contributed by atoms with van der Waals surface area (Å²) in [6.45, 7) is 2.22. The van der Waals surface area contributed by atoms with Crippen molar-refractivity contribution in [1.82, 2.24) is 0 Å². The van der Waals surface area contributed by atoms with Gasteiger partial charge in [-0.3, -0.25) is 0 Å². The molecule has 0 radical (unpaired) electrons. The van der Waals surface area contributed by atoms with Gasteiger partial charge in [0, 0.05) is 17.7 Å². The Kier molecular flexibility index (Phi) is 5.40. The Bertz CT molecular complexity index is 327. The normalized spacial score (nSPS) is 9.40. The van der Waals surface area contributed by atoms with Crippen molar-refractivity contribution in [3.8, 4) is 11.8 Å². The van der Waals surface area contributed by atoms with Crippen LogP contribution in [0.2, 0.25) is 0 Å². The average Bonchev–Trinajstić information content (AvgIpc) is 2.26. The lowest BCUT2D eigenvalue weighted by molar-refractivity contribution is 0.679. The molecule has 0 saturated heterocycles. The maximum absolute atomic E-state index is 5.59. The van der Waals surface area contributed by atoms with Gasteiger partial charge in [0.15, 0.2) is 0 Å². The van der Waals surface area contributed by atoms with E-state index in [0.29, 0.717) is 0 Å². The number of hydrogen-bond donors (Lipinski definition) is 1. The van der Waals surface area contributed by atoms with Gasteiger partial charge in [-0.15, -0.1) is 0 Å². The molecule has 1 aromatic carbocycles. The van der Waals surface area contributed by atoms with Crippen molar-refractivity contribution in [2.45, 2.75) is 39.0 Å². The lowest BCUT2D eigenvalue weighted by Crippen LogP contribution is -1.83. The first-order valence-electron chi connectivity index (χ1n) is 5.67. The van der Waals surface area contributed by atoms with E-state index in [1.165, 1.54) is 25.7 Å². The molecule has 0 atom stereocenters. The van der Waals surface area contributed by atoms with Crippen molar-refractivity contribution >= 4 is 5.69 Å². The van der Waals surface area contributed by atoms with E-state index in [1.807, 2.05) is 24.3 Å². The summed E-state index contributed by atoms with van der Waals surface area (Å²) in [6, 6.07) is 7.71. The standard InChI is InChI=1S/C14H19N/c1-2-3-4-5-6-7-8-13-9-11-14(15)12-10-13/h9-12H,2-6,15H2,1H3. The summed E-state index contributed by atoms with van der Waals surface area (Å²) in [7, 11) is 0. The zero-order valence-corrected chi connectivity index (χ0v) is 9.42. The monoisotopic (exact) mass is 201 g/mol. The van der Waals surface area contributed by atoms with Crippen LogP contribution in [0.1, 0.15) is 44.6 Å². The maximum Gasteiger partial charge on any atom is 0.0314 e. The highest BCUT2D eigenvalue weighted by Crippen LogP contribution is 2.04. The molecule has 1 nitrogen and oxygen atoms in total. The van der Waals surface area contributed by atoms with Crippen molar-refractivity contribution in [3.63, 3.8) is 0 Å². The van der Waals surface area contributed by atoms with Crippen molar-refractivity contribution in [3.05, 3.63) is 29.8 Å². The van der Waals surface area contributed by atoms with Gasteiger partial charge in [-0.25, -0.2) is 0 Å². The molecular weight excluding hydrogens is 182 g/mol. The second-order valence-corrected chi connectivity index (χ2v) is 3.73. The Morgan fingerprint density at radius 3 is 2.47 bits per heavy atom. The maximum atomic E-state index is 5.59. The highest BCUT2D eigenvalue weighted by Gasteiger charge is 1.86. The van der Waals surface area contributed by atoms with Gasteiger partial charge in [-0.05, 0) is 30.7 Å². The lowest BCUT2D eigenvalue weighted by atomic mass is 10.1. The van der Waals surface area contributed by atoms with Crippen LogP contribution in [0.5, 0.6) is 0 Å². The van der Waals surface area contributed by atoms with Crippen molar-refractivity contribution in [2.24, 2.45) is 0 Å². The zero-order chi connectivity index (χ0) is 10.9. The summed E-state index contributed by atoms with van der Waals surface area (Å²) >= 11 is 0. The third-order valence-electron chi connectivity index (χ3n) is 2.30. The highest BCUT2D eigenvalue weighted by atomic mass is 14.5. The molecule has 0 aromatic heterocycles. The first kappa shape index (κ1) is 11.7. The van der Waals surface area contributed by atoms with Gasteiger partial charge in [0.2, 0.25) is 0 Å². The Morgan fingerprint density at radius 1 is 1.07 bits per heavy atom. The second kappa shape index (κ2) is 6.95. The summed E-state index contributed by atoms with van der Waals surface area (Å²) in [4.78, 5) is 0. The molecule has 0 spiro atoms. The second-order valence-electron chi connectivity index (χ2n) is 3.73. The number of hydrogen-bond acceptors (Lipinski definition) is 1. The van der Waals surface area contributed by atoms with Crippen LogP contribution in [0.25, 0.3) is 0 Å². The molecule has 1 rings (SSSR count). The number of nitrogen functional groups attached to an aromatic ring is 1. The summed E-state index contributed by atoms with van der Waals surface area (Å²) in [5, 5.41) is 0. The first-order chi connectivity index (χ1) is 7.33. The molecule has 0 aliphatic rings. The molecule has 0 saturated carbocycles. The van der Waals surface area contributed by atoms with E-state index in [1.54, 1.807) is 0 Å². The molecule has 15 heavy (non-hydrogen) atoms.